The van der Waals surface area contributed by atoms with Crippen molar-refractivity contribution in [3.8, 4) is 5.75 Å². The van der Waals surface area contributed by atoms with E-state index in [0.29, 0.717) is 28.3 Å². The molecule has 9 nitrogen and oxygen atoms in total. The Morgan fingerprint density at radius 1 is 1.23 bits per heavy atom. The minimum atomic E-state index is -4.33. The summed E-state index contributed by atoms with van der Waals surface area (Å²) in [5.74, 6) is -1.85. The van der Waals surface area contributed by atoms with E-state index < -0.39 is 33.8 Å². The standard InChI is InChI=1S/C24H27ClN2O7S/c1-3-15(16-4-7-20(8-5-16)35(31,32)33)12-23(29)27-14-22(28)26-13-18(24(27)30)10-17-11-19(25)6-9-21(17)34-2/h4-9,11,15,18H,3,10,12-14H2,1-2H3,(H,26,28)(H,31,32,33)/t15-,18+/m0/s1. The lowest BCUT2D eigenvalue weighted by molar-refractivity contribution is -0.148. The van der Waals surface area contributed by atoms with Gasteiger partial charge in [0.1, 0.15) is 12.3 Å². The van der Waals surface area contributed by atoms with Gasteiger partial charge in [-0.05, 0) is 60.2 Å². The fraction of sp³-hybridized carbons (Fsp3) is 0.375. The van der Waals surface area contributed by atoms with E-state index in [1.165, 1.54) is 31.4 Å². The van der Waals surface area contributed by atoms with Crippen LogP contribution in [0.5, 0.6) is 5.75 Å². The summed E-state index contributed by atoms with van der Waals surface area (Å²) in [7, 11) is -2.82. The van der Waals surface area contributed by atoms with Gasteiger partial charge in [-0.15, -0.1) is 0 Å². The van der Waals surface area contributed by atoms with Gasteiger partial charge in [0.25, 0.3) is 10.1 Å². The summed E-state index contributed by atoms with van der Waals surface area (Å²) in [6.45, 7) is 1.56. The maximum atomic E-state index is 13.3. The molecule has 1 heterocycles. The van der Waals surface area contributed by atoms with Crippen molar-refractivity contribution in [1.29, 1.82) is 0 Å². The third-order valence-corrected chi connectivity index (χ3v) is 7.14. The van der Waals surface area contributed by atoms with E-state index in [4.69, 9.17) is 16.3 Å². The number of carbonyl (C=O) groups is 3. The van der Waals surface area contributed by atoms with Gasteiger partial charge in [-0.3, -0.25) is 23.8 Å². The van der Waals surface area contributed by atoms with E-state index in [1.54, 1.807) is 18.2 Å². The van der Waals surface area contributed by atoms with Crippen molar-refractivity contribution in [2.75, 3.05) is 20.2 Å². The first-order chi connectivity index (χ1) is 16.5. The first-order valence-corrected chi connectivity index (χ1v) is 12.9. The maximum Gasteiger partial charge on any atom is 0.294 e. The second-order valence-electron chi connectivity index (χ2n) is 8.33. The molecule has 0 aromatic heterocycles. The molecule has 1 aliphatic rings. The number of imide groups is 1. The number of hydrogen-bond acceptors (Lipinski definition) is 6. The average molecular weight is 523 g/mol. The van der Waals surface area contributed by atoms with E-state index in [2.05, 4.69) is 5.32 Å². The number of rotatable bonds is 8. The van der Waals surface area contributed by atoms with Crippen LogP contribution >= 0.6 is 11.6 Å². The summed E-state index contributed by atoms with van der Waals surface area (Å²) in [5, 5.41) is 3.17. The van der Waals surface area contributed by atoms with Gasteiger partial charge >= 0.3 is 0 Å². The molecule has 0 spiro atoms. The van der Waals surface area contributed by atoms with Gasteiger partial charge in [-0.25, -0.2) is 0 Å². The fourth-order valence-corrected chi connectivity index (χ4v) is 4.77. The Hall–Kier alpha value is -2.95. The molecular formula is C24H27ClN2O7S. The molecule has 0 unspecified atom stereocenters. The van der Waals surface area contributed by atoms with Crippen LogP contribution in [0.2, 0.25) is 5.02 Å². The van der Waals surface area contributed by atoms with Crippen LogP contribution in [0.15, 0.2) is 47.4 Å². The lowest BCUT2D eigenvalue weighted by Crippen LogP contribution is -2.43. The summed E-state index contributed by atoms with van der Waals surface area (Å²) >= 11 is 6.11. The second-order valence-corrected chi connectivity index (χ2v) is 10.2. The SMILES string of the molecule is CC[C@@H](CC(=O)N1CC(=O)NC[C@@H](Cc2cc(Cl)ccc2OC)C1=O)c1ccc(S(=O)(=O)O)cc1. The van der Waals surface area contributed by atoms with Crippen LogP contribution in [0.4, 0.5) is 0 Å². The number of amides is 3. The van der Waals surface area contributed by atoms with E-state index in [-0.39, 0.29) is 36.7 Å². The molecule has 2 aromatic rings. The smallest absolute Gasteiger partial charge is 0.294 e. The summed E-state index contributed by atoms with van der Waals surface area (Å²) in [5.41, 5.74) is 1.37. The van der Waals surface area contributed by atoms with E-state index in [1.807, 2.05) is 6.92 Å². The molecule has 0 aliphatic carbocycles. The van der Waals surface area contributed by atoms with E-state index in [0.717, 1.165) is 4.90 Å². The van der Waals surface area contributed by atoms with Crippen LogP contribution in [-0.2, 0) is 30.9 Å². The maximum absolute atomic E-state index is 13.3. The van der Waals surface area contributed by atoms with Gasteiger partial charge in [-0.1, -0.05) is 30.7 Å². The minimum Gasteiger partial charge on any atom is -0.496 e. The van der Waals surface area contributed by atoms with Crippen LogP contribution in [0, 0.1) is 5.92 Å². The van der Waals surface area contributed by atoms with Gasteiger partial charge in [0.05, 0.1) is 17.9 Å². The van der Waals surface area contributed by atoms with Gasteiger partial charge in [-0.2, -0.15) is 8.42 Å². The Kier molecular flexibility index (Phi) is 8.52. The number of nitrogens with zero attached hydrogens (tertiary/aromatic N) is 1. The molecule has 1 fully saturated rings. The molecule has 3 amide bonds. The summed E-state index contributed by atoms with van der Waals surface area (Å²) < 4.78 is 37.1. The highest BCUT2D eigenvalue weighted by molar-refractivity contribution is 7.85. The molecule has 0 bridgehead atoms. The molecule has 0 radical (unpaired) electrons. The third kappa shape index (κ3) is 6.59. The van der Waals surface area contributed by atoms with Gasteiger partial charge < -0.3 is 10.1 Å². The Balaban J connectivity index is 1.80. The molecule has 2 aromatic carbocycles. The predicted octanol–water partition coefficient (Wildman–Crippen LogP) is 2.82. The number of carbonyl (C=O) groups excluding carboxylic acids is 3. The zero-order chi connectivity index (χ0) is 25.8. The topological polar surface area (TPSA) is 130 Å². The Morgan fingerprint density at radius 2 is 1.91 bits per heavy atom. The molecular weight excluding hydrogens is 496 g/mol. The van der Waals surface area contributed by atoms with Crippen LogP contribution < -0.4 is 10.1 Å². The Labute approximate surface area is 209 Å². The fourth-order valence-electron chi connectivity index (χ4n) is 4.10. The Morgan fingerprint density at radius 3 is 2.51 bits per heavy atom. The Bertz CT molecular complexity index is 1210. The number of ether oxygens (including phenoxy) is 1. The van der Waals surface area contributed by atoms with Gasteiger partial charge in [0.15, 0.2) is 0 Å². The number of methoxy groups -OCH3 is 1. The number of benzene rings is 2. The van der Waals surface area contributed by atoms with Crippen LogP contribution in [0.1, 0.15) is 36.8 Å². The quantitative estimate of drug-likeness (QED) is 0.510. The molecule has 0 saturated carbocycles. The molecule has 1 saturated heterocycles. The first-order valence-electron chi connectivity index (χ1n) is 11.0. The van der Waals surface area contributed by atoms with Crippen molar-refractivity contribution < 1.29 is 32.1 Å². The highest BCUT2D eigenvalue weighted by atomic mass is 35.5. The van der Waals surface area contributed by atoms with Crippen molar-refractivity contribution in [3.63, 3.8) is 0 Å². The number of halogens is 1. The molecule has 3 rings (SSSR count). The van der Waals surface area contributed by atoms with Gasteiger partial charge in [0.2, 0.25) is 17.7 Å². The molecule has 2 atom stereocenters. The minimum absolute atomic E-state index is 0.0477. The second kappa shape index (κ2) is 11.2. The third-order valence-electron chi connectivity index (χ3n) is 6.04. The highest BCUT2D eigenvalue weighted by Crippen LogP contribution is 2.28. The normalized spacial score (nSPS) is 17.5. The molecule has 188 valence electrons. The zero-order valence-corrected chi connectivity index (χ0v) is 20.9. The predicted molar refractivity (Wildman–Crippen MR) is 129 cm³/mol. The average Bonchev–Trinajstić information content (AvgIpc) is 2.96. The van der Waals surface area contributed by atoms with Crippen molar-refractivity contribution in [1.82, 2.24) is 10.2 Å². The monoisotopic (exact) mass is 522 g/mol. The number of nitrogens with one attached hydrogen (secondary N) is 1. The highest BCUT2D eigenvalue weighted by Gasteiger charge is 2.35. The van der Waals surface area contributed by atoms with E-state index in [9.17, 15) is 27.4 Å². The summed E-state index contributed by atoms with van der Waals surface area (Å²) in [6, 6.07) is 10.6. The van der Waals surface area contributed by atoms with Crippen LogP contribution in [0.3, 0.4) is 0 Å². The molecule has 1 aliphatic heterocycles. The van der Waals surface area contributed by atoms with Crippen molar-refractivity contribution in [2.24, 2.45) is 5.92 Å². The first kappa shape index (κ1) is 26.7. The molecule has 2 N–H and O–H groups in total. The summed E-state index contributed by atoms with van der Waals surface area (Å²) in [6.07, 6.45) is 0.712. The van der Waals surface area contributed by atoms with Crippen molar-refractivity contribution in [3.05, 3.63) is 58.6 Å². The van der Waals surface area contributed by atoms with Gasteiger partial charge in [0, 0.05) is 18.0 Å². The van der Waals surface area contributed by atoms with Crippen LogP contribution in [0.25, 0.3) is 0 Å². The summed E-state index contributed by atoms with van der Waals surface area (Å²) in [4.78, 5) is 39.5. The molecule has 11 heteroatoms. The lowest BCUT2D eigenvalue weighted by Gasteiger charge is -2.24. The van der Waals surface area contributed by atoms with Crippen LogP contribution in [-0.4, -0.2) is 55.8 Å². The zero-order valence-electron chi connectivity index (χ0n) is 19.4. The lowest BCUT2D eigenvalue weighted by atomic mass is 9.92. The van der Waals surface area contributed by atoms with Crippen molar-refractivity contribution >= 4 is 39.4 Å². The van der Waals surface area contributed by atoms with E-state index >= 15 is 0 Å². The number of hydrogen-bond donors (Lipinski definition) is 2. The largest absolute Gasteiger partial charge is 0.496 e. The van der Waals surface area contributed by atoms with Crippen molar-refractivity contribution in [2.45, 2.75) is 37.0 Å². The molecule has 35 heavy (non-hydrogen) atoms.